The topological polar surface area (TPSA) is 63.6 Å². The zero-order chi connectivity index (χ0) is 13.0. The van der Waals surface area contributed by atoms with Crippen LogP contribution in [-0.4, -0.2) is 23.5 Å². The van der Waals surface area contributed by atoms with Crippen molar-refractivity contribution in [1.29, 1.82) is 0 Å². The van der Waals surface area contributed by atoms with Gasteiger partial charge in [0.2, 0.25) is 0 Å². The minimum atomic E-state index is -0.965. The third-order valence-corrected chi connectivity index (χ3v) is 3.15. The van der Waals surface area contributed by atoms with Crippen molar-refractivity contribution >= 4 is 11.8 Å². The highest BCUT2D eigenvalue weighted by Crippen LogP contribution is 2.23. The first kappa shape index (κ1) is 12.6. The highest BCUT2D eigenvalue weighted by molar-refractivity contribution is 5.88. The van der Waals surface area contributed by atoms with Crippen LogP contribution >= 0.6 is 0 Å². The Bertz CT molecular complexity index is 453. The molecular formula is C14H16O4. The Labute approximate surface area is 106 Å². The molecule has 1 atom stereocenters. The van der Waals surface area contributed by atoms with E-state index in [2.05, 4.69) is 0 Å². The number of benzene rings is 1. The molecule has 4 heteroatoms. The summed E-state index contributed by atoms with van der Waals surface area (Å²) in [4.78, 5) is 22.1. The Balaban J connectivity index is 1.91. The molecule has 0 amide bonds. The lowest BCUT2D eigenvalue weighted by molar-refractivity contribution is -0.121. The third kappa shape index (κ3) is 3.32. The minimum Gasteiger partial charge on any atom is -0.493 e. The molecule has 2 rings (SSSR count). The highest BCUT2D eigenvalue weighted by Gasteiger charge is 2.19. The van der Waals surface area contributed by atoms with Gasteiger partial charge in [-0.2, -0.15) is 0 Å². The fraction of sp³-hybridized carbons (Fsp3) is 0.429. The summed E-state index contributed by atoms with van der Waals surface area (Å²) < 4.78 is 5.57. The maximum Gasteiger partial charge on any atom is 0.335 e. The van der Waals surface area contributed by atoms with Crippen molar-refractivity contribution < 1.29 is 19.4 Å². The van der Waals surface area contributed by atoms with Gasteiger partial charge in [0.05, 0.1) is 12.2 Å². The number of rotatable bonds is 4. The number of carbonyl (C=O) groups excluding carboxylic acids is 1. The molecule has 1 aromatic carbocycles. The van der Waals surface area contributed by atoms with Crippen LogP contribution in [0.25, 0.3) is 0 Å². The van der Waals surface area contributed by atoms with Crippen molar-refractivity contribution in [2.45, 2.75) is 25.7 Å². The lowest BCUT2D eigenvalue weighted by Crippen LogP contribution is -2.20. The number of ketones is 1. The zero-order valence-electron chi connectivity index (χ0n) is 10.1. The number of Topliss-reactive ketones (excluding diaryl/α,β-unsaturated/α-hetero) is 1. The molecule has 4 nitrogen and oxygen atoms in total. The average molecular weight is 248 g/mol. The first-order valence-electron chi connectivity index (χ1n) is 6.13. The van der Waals surface area contributed by atoms with Crippen LogP contribution in [0.2, 0.25) is 0 Å². The molecule has 18 heavy (non-hydrogen) atoms. The number of hydrogen-bond acceptors (Lipinski definition) is 3. The number of carboxylic acids is 1. The van der Waals surface area contributed by atoms with Crippen molar-refractivity contribution in [1.82, 2.24) is 0 Å². The number of hydrogen-bond donors (Lipinski definition) is 1. The maximum absolute atomic E-state index is 11.3. The van der Waals surface area contributed by atoms with E-state index in [1.165, 1.54) is 12.1 Å². The van der Waals surface area contributed by atoms with Crippen LogP contribution in [0.1, 0.15) is 36.0 Å². The Morgan fingerprint density at radius 2 is 2.28 bits per heavy atom. The molecular weight excluding hydrogens is 232 g/mol. The van der Waals surface area contributed by atoms with Gasteiger partial charge in [-0.25, -0.2) is 4.79 Å². The second-order valence-corrected chi connectivity index (χ2v) is 4.65. The smallest absolute Gasteiger partial charge is 0.335 e. The van der Waals surface area contributed by atoms with Crippen LogP contribution in [0, 0.1) is 5.92 Å². The lowest BCUT2D eigenvalue weighted by Gasteiger charge is -2.20. The lowest BCUT2D eigenvalue weighted by atomic mass is 9.89. The predicted molar refractivity (Wildman–Crippen MR) is 65.9 cm³/mol. The molecule has 0 aromatic heterocycles. The van der Waals surface area contributed by atoms with E-state index < -0.39 is 5.97 Å². The Kier molecular flexibility index (Phi) is 3.97. The van der Waals surface area contributed by atoms with Gasteiger partial charge in [0, 0.05) is 12.8 Å². The van der Waals surface area contributed by atoms with Gasteiger partial charge in [-0.1, -0.05) is 6.07 Å². The molecule has 1 N–H and O–H groups in total. The largest absolute Gasteiger partial charge is 0.493 e. The minimum absolute atomic E-state index is 0.215. The van der Waals surface area contributed by atoms with Crippen LogP contribution in [0.4, 0.5) is 0 Å². The molecule has 1 aliphatic rings. The van der Waals surface area contributed by atoms with Crippen LogP contribution in [0.5, 0.6) is 5.75 Å². The predicted octanol–water partition coefficient (Wildman–Crippen LogP) is 2.52. The van der Waals surface area contributed by atoms with Crippen LogP contribution in [0.3, 0.4) is 0 Å². The second-order valence-electron chi connectivity index (χ2n) is 4.65. The first-order chi connectivity index (χ1) is 8.65. The van der Waals surface area contributed by atoms with Crippen molar-refractivity contribution in [3.63, 3.8) is 0 Å². The van der Waals surface area contributed by atoms with E-state index in [-0.39, 0.29) is 11.5 Å². The fourth-order valence-corrected chi connectivity index (χ4v) is 2.19. The molecule has 96 valence electrons. The molecule has 1 saturated carbocycles. The first-order valence-corrected chi connectivity index (χ1v) is 6.13. The summed E-state index contributed by atoms with van der Waals surface area (Å²) in [7, 11) is 0. The van der Waals surface area contributed by atoms with Gasteiger partial charge in [0.1, 0.15) is 11.5 Å². The standard InChI is InChI=1S/C14H16O4/c15-12-5-1-3-10(7-12)9-18-13-6-2-4-11(8-13)14(16)17/h2,4,6,8,10H,1,3,5,7,9H2,(H,16,17). The molecule has 1 aromatic rings. The van der Waals surface area contributed by atoms with Gasteiger partial charge in [-0.3, -0.25) is 4.79 Å². The molecule has 1 aliphatic carbocycles. The summed E-state index contributed by atoms with van der Waals surface area (Å²) in [6, 6.07) is 6.42. The van der Waals surface area contributed by atoms with E-state index in [1.54, 1.807) is 12.1 Å². The van der Waals surface area contributed by atoms with Crippen molar-refractivity contribution in [2.75, 3.05) is 6.61 Å². The number of carboxylic acid groups (broad SMARTS) is 1. The van der Waals surface area contributed by atoms with Gasteiger partial charge < -0.3 is 9.84 Å². The number of carbonyl (C=O) groups is 2. The van der Waals surface area contributed by atoms with Crippen molar-refractivity contribution in [3.05, 3.63) is 29.8 Å². The highest BCUT2D eigenvalue weighted by atomic mass is 16.5. The molecule has 1 fully saturated rings. The molecule has 0 radical (unpaired) electrons. The van der Waals surface area contributed by atoms with E-state index in [4.69, 9.17) is 9.84 Å². The molecule has 0 spiro atoms. The van der Waals surface area contributed by atoms with Gasteiger partial charge in [-0.15, -0.1) is 0 Å². The molecule has 1 unspecified atom stereocenters. The Hall–Kier alpha value is -1.84. The summed E-state index contributed by atoms with van der Waals surface area (Å²) in [5, 5.41) is 8.86. The average Bonchev–Trinajstić information content (AvgIpc) is 2.37. The summed E-state index contributed by atoms with van der Waals surface area (Å²) in [6.45, 7) is 0.481. The normalized spacial score (nSPS) is 19.6. The van der Waals surface area contributed by atoms with E-state index in [0.29, 0.717) is 31.0 Å². The second kappa shape index (κ2) is 5.67. The quantitative estimate of drug-likeness (QED) is 0.889. The van der Waals surface area contributed by atoms with E-state index in [0.717, 1.165) is 12.8 Å². The van der Waals surface area contributed by atoms with Crippen LogP contribution < -0.4 is 4.74 Å². The van der Waals surface area contributed by atoms with Gasteiger partial charge in [0.15, 0.2) is 0 Å². The number of ether oxygens (including phenoxy) is 1. The monoisotopic (exact) mass is 248 g/mol. The molecule has 0 heterocycles. The van der Waals surface area contributed by atoms with Gasteiger partial charge in [0.25, 0.3) is 0 Å². The number of aromatic carboxylic acids is 1. The van der Waals surface area contributed by atoms with Crippen LogP contribution in [0.15, 0.2) is 24.3 Å². The Morgan fingerprint density at radius 1 is 1.44 bits per heavy atom. The van der Waals surface area contributed by atoms with Crippen molar-refractivity contribution in [2.24, 2.45) is 5.92 Å². The third-order valence-electron chi connectivity index (χ3n) is 3.15. The van der Waals surface area contributed by atoms with Gasteiger partial charge in [-0.05, 0) is 37.0 Å². The van der Waals surface area contributed by atoms with Crippen LogP contribution in [-0.2, 0) is 4.79 Å². The molecule has 0 aliphatic heterocycles. The van der Waals surface area contributed by atoms with E-state index in [9.17, 15) is 9.59 Å². The summed E-state index contributed by atoms with van der Waals surface area (Å²) in [5.74, 6) is 0.148. The van der Waals surface area contributed by atoms with Crippen molar-refractivity contribution in [3.8, 4) is 5.75 Å². The maximum atomic E-state index is 11.3. The molecule has 0 bridgehead atoms. The SMILES string of the molecule is O=C1CCCC(COc2cccc(C(=O)O)c2)C1. The van der Waals surface area contributed by atoms with E-state index in [1.807, 2.05) is 0 Å². The summed E-state index contributed by atoms with van der Waals surface area (Å²) in [6.07, 6.45) is 3.20. The fourth-order valence-electron chi connectivity index (χ4n) is 2.19. The Morgan fingerprint density at radius 3 is 3.00 bits per heavy atom. The zero-order valence-corrected chi connectivity index (χ0v) is 10.1. The summed E-state index contributed by atoms with van der Waals surface area (Å²) in [5.41, 5.74) is 0.215. The summed E-state index contributed by atoms with van der Waals surface area (Å²) >= 11 is 0. The molecule has 0 saturated heterocycles. The van der Waals surface area contributed by atoms with Gasteiger partial charge >= 0.3 is 5.97 Å². The van der Waals surface area contributed by atoms with E-state index >= 15 is 0 Å².